The van der Waals surface area contributed by atoms with Crippen LogP contribution in [0.1, 0.15) is 19.8 Å². The van der Waals surface area contributed by atoms with Gasteiger partial charge in [-0.15, -0.1) is 0 Å². The molecule has 20 heavy (non-hydrogen) atoms. The first-order valence-corrected chi connectivity index (χ1v) is 7.69. The average Bonchev–Trinajstić information content (AvgIpc) is 2.38. The molecule has 0 aromatic carbocycles. The smallest absolute Gasteiger partial charge is 0.317 e. The summed E-state index contributed by atoms with van der Waals surface area (Å²) in [6.45, 7) is 2.75. The highest BCUT2D eigenvalue weighted by Gasteiger charge is 2.28. The summed E-state index contributed by atoms with van der Waals surface area (Å²) in [6.07, 6.45) is 0.0596. The van der Waals surface area contributed by atoms with Gasteiger partial charge < -0.3 is 20.1 Å². The molecule has 0 spiro atoms. The minimum Gasteiger partial charge on any atom is -0.481 e. The van der Waals surface area contributed by atoms with Crippen LogP contribution in [0.4, 0.5) is 4.79 Å². The van der Waals surface area contributed by atoms with Crippen molar-refractivity contribution in [3.05, 3.63) is 0 Å². The van der Waals surface area contributed by atoms with Crippen molar-refractivity contribution in [2.24, 2.45) is 0 Å². The Kier molecular flexibility index (Phi) is 7.21. The van der Waals surface area contributed by atoms with Crippen LogP contribution in [-0.4, -0.2) is 65.2 Å². The highest BCUT2D eigenvalue weighted by atomic mass is 32.2. The Morgan fingerprint density at radius 1 is 1.45 bits per heavy atom. The highest BCUT2D eigenvalue weighted by molar-refractivity contribution is 7.99. The molecular formula is C12H20N2O5S. The number of rotatable bonds is 6. The fourth-order valence-electron chi connectivity index (χ4n) is 1.90. The van der Waals surface area contributed by atoms with Gasteiger partial charge in [-0.1, -0.05) is 0 Å². The number of hydrogen-bond donors (Lipinski definition) is 2. The lowest BCUT2D eigenvalue weighted by molar-refractivity contribution is -0.143. The summed E-state index contributed by atoms with van der Waals surface area (Å²) in [7, 11) is 0. The van der Waals surface area contributed by atoms with Crippen LogP contribution in [0, 0.1) is 0 Å². The minimum absolute atomic E-state index is 0.0572. The summed E-state index contributed by atoms with van der Waals surface area (Å²) in [6, 6.07) is -0.616. The van der Waals surface area contributed by atoms with Gasteiger partial charge in [0.25, 0.3) is 0 Å². The molecule has 1 heterocycles. The molecule has 8 heteroatoms. The molecule has 2 N–H and O–H groups in total. The van der Waals surface area contributed by atoms with E-state index in [1.54, 1.807) is 18.7 Å². The van der Waals surface area contributed by atoms with Crippen molar-refractivity contribution in [2.45, 2.75) is 25.8 Å². The predicted octanol–water partition coefficient (Wildman–Crippen LogP) is 0.541. The molecule has 1 saturated heterocycles. The number of carboxylic acid groups (broad SMARTS) is 1. The van der Waals surface area contributed by atoms with E-state index < -0.39 is 5.97 Å². The van der Waals surface area contributed by atoms with Gasteiger partial charge in [-0.3, -0.25) is 9.59 Å². The number of hydrogen-bond acceptors (Lipinski definition) is 5. The van der Waals surface area contributed by atoms with E-state index in [-0.39, 0.29) is 37.4 Å². The molecule has 1 aliphatic heterocycles. The van der Waals surface area contributed by atoms with Crippen LogP contribution in [-0.2, 0) is 14.3 Å². The zero-order valence-electron chi connectivity index (χ0n) is 11.5. The fraction of sp³-hybridized carbons (Fsp3) is 0.750. The van der Waals surface area contributed by atoms with E-state index in [9.17, 15) is 14.4 Å². The molecule has 0 aliphatic carbocycles. The van der Waals surface area contributed by atoms with Gasteiger partial charge in [0.15, 0.2) is 0 Å². The minimum atomic E-state index is -0.915. The lowest BCUT2D eigenvalue weighted by Gasteiger charge is -2.34. The number of carbonyl (C=O) groups excluding carboxylic acids is 2. The van der Waals surface area contributed by atoms with Gasteiger partial charge in [-0.2, -0.15) is 11.8 Å². The first kappa shape index (κ1) is 16.6. The quantitative estimate of drug-likeness (QED) is 0.695. The number of thioether (sulfide) groups is 1. The zero-order valence-corrected chi connectivity index (χ0v) is 12.3. The van der Waals surface area contributed by atoms with E-state index in [4.69, 9.17) is 9.84 Å². The van der Waals surface area contributed by atoms with E-state index in [1.165, 1.54) is 4.90 Å². The molecule has 1 atom stereocenters. The topological polar surface area (TPSA) is 95.9 Å². The van der Waals surface area contributed by atoms with Gasteiger partial charge in [0.2, 0.25) is 0 Å². The van der Waals surface area contributed by atoms with Crippen molar-refractivity contribution in [1.82, 2.24) is 10.2 Å². The Hall–Kier alpha value is -1.44. The second-order valence-electron chi connectivity index (χ2n) is 4.31. The number of carbonyl (C=O) groups is 3. The fourth-order valence-corrected chi connectivity index (χ4v) is 2.96. The number of carboxylic acids is 1. The molecule has 0 aromatic rings. The molecule has 0 saturated carbocycles. The summed E-state index contributed by atoms with van der Waals surface area (Å²) < 4.78 is 4.76. The molecule has 1 unspecified atom stereocenters. The third kappa shape index (κ3) is 5.68. The SMILES string of the molecule is CCOC(=O)CCNC(=O)N1CCSCC1CC(=O)O. The van der Waals surface area contributed by atoms with Gasteiger partial charge >= 0.3 is 18.0 Å². The van der Waals surface area contributed by atoms with E-state index in [0.29, 0.717) is 18.9 Å². The molecule has 2 amide bonds. The van der Waals surface area contributed by atoms with E-state index >= 15 is 0 Å². The Labute approximate surface area is 122 Å². The Morgan fingerprint density at radius 2 is 2.20 bits per heavy atom. The second kappa shape index (κ2) is 8.68. The molecule has 114 valence electrons. The van der Waals surface area contributed by atoms with Crippen LogP contribution < -0.4 is 5.32 Å². The Bertz CT molecular complexity index is 364. The summed E-state index contributed by atoms with van der Waals surface area (Å²) in [4.78, 5) is 35.5. The lowest BCUT2D eigenvalue weighted by atomic mass is 10.2. The highest BCUT2D eigenvalue weighted by Crippen LogP contribution is 2.18. The van der Waals surface area contributed by atoms with Crippen LogP contribution in [0.15, 0.2) is 0 Å². The zero-order chi connectivity index (χ0) is 15.0. The maximum Gasteiger partial charge on any atom is 0.317 e. The van der Waals surface area contributed by atoms with Crippen molar-refractivity contribution < 1.29 is 24.2 Å². The third-order valence-electron chi connectivity index (χ3n) is 2.81. The average molecular weight is 304 g/mol. The van der Waals surface area contributed by atoms with Crippen molar-refractivity contribution in [1.29, 1.82) is 0 Å². The van der Waals surface area contributed by atoms with Crippen molar-refractivity contribution in [3.8, 4) is 0 Å². The molecule has 0 radical (unpaired) electrons. The molecular weight excluding hydrogens is 284 g/mol. The van der Waals surface area contributed by atoms with Crippen LogP contribution in [0.2, 0.25) is 0 Å². The van der Waals surface area contributed by atoms with Crippen LogP contribution in [0.25, 0.3) is 0 Å². The molecule has 0 aromatic heterocycles. The van der Waals surface area contributed by atoms with E-state index in [0.717, 1.165) is 5.75 Å². The Balaban J connectivity index is 2.39. The molecule has 1 rings (SSSR count). The maximum atomic E-state index is 12.0. The second-order valence-corrected chi connectivity index (χ2v) is 5.46. The first-order valence-electron chi connectivity index (χ1n) is 6.54. The first-order chi connectivity index (χ1) is 9.54. The molecule has 1 aliphatic rings. The van der Waals surface area contributed by atoms with Gasteiger partial charge in [-0.25, -0.2) is 4.79 Å². The summed E-state index contributed by atoms with van der Waals surface area (Å²) in [5.41, 5.74) is 0. The predicted molar refractivity (Wildman–Crippen MR) is 74.7 cm³/mol. The summed E-state index contributed by atoms with van der Waals surface area (Å²) >= 11 is 1.64. The number of amides is 2. The number of esters is 1. The largest absolute Gasteiger partial charge is 0.481 e. The summed E-state index contributed by atoms with van der Waals surface area (Å²) in [5.74, 6) is 0.143. The lowest BCUT2D eigenvalue weighted by Crippen LogP contribution is -2.51. The van der Waals surface area contributed by atoms with E-state index in [2.05, 4.69) is 5.32 Å². The summed E-state index contributed by atoms with van der Waals surface area (Å²) in [5, 5.41) is 11.5. The van der Waals surface area contributed by atoms with Crippen molar-refractivity contribution in [3.63, 3.8) is 0 Å². The molecule has 7 nitrogen and oxygen atoms in total. The standard InChI is InChI=1S/C12H20N2O5S/c1-2-19-11(17)3-4-13-12(18)14-5-6-20-8-9(14)7-10(15)16/h9H,2-8H2,1H3,(H,13,18)(H,15,16). The van der Waals surface area contributed by atoms with Gasteiger partial charge in [0, 0.05) is 24.6 Å². The normalized spacial score (nSPS) is 18.4. The van der Waals surface area contributed by atoms with Gasteiger partial charge in [0.1, 0.15) is 0 Å². The number of ether oxygens (including phenoxy) is 1. The molecule has 1 fully saturated rings. The Morgan fingerprint density at radius 3 is 2.85 bits per heavy atom. The maximum absolute atomic E-state index is 12.0. The molecule has 0 bridgehead atoms. The van der Waals surface area contributed by atoms with Crippen LogP contribution in [0.5, 0.6) is 0 Å². The van der Waals surface area contributed by atoms with Crippen LogP contribution >= 0.6 is 11.8 Å². The number of nitrogens with one attached hydrogen (secondary N) is 1. The number of urea groups is 1. The third-order valence-corrected chi connectivity index (χ3v) is 3.90. The van der Waals surface area contributed by atoms with Crippen molar-refractivity contribution in [2.75, 3.05) is 31.2 Å². The monoisotopic (exact) mass is 304 g/mol. The number of aliphatic carboxylic acids is 1. The van der Waals surface area contributed by atoms with Crippen molar-refractivity contribution >= 4 is 29.7 Å². The van der Waals surface area contributed by atoms with Gasteiger partial charge in [-0.05, 0) is 6.92 Å². The van der Waals surface area contributed by atoms with Gasteiger partial charge in [0.05, 0.1) is 25.5 Å². The van der Waals surface area contributed by atoms with Crippen LogP contribution in [0.3, 0.4) is 0 Å². The van der Waals surface area contributed by atoms with E-state index in [1.807, 2.05) is 0 Å². The number of nitrogens with zero attached hydrogens (tertiary/aromatic N) is 1.